The van der Waals surface area contributed by atoms with E-state index in [1.165, 1.54) is 0 Å². The van der Waals surface area contributed by atoms with Crippen LogP contribution >= 0.6 is 0 Å². The first-order chi connectivity index (χ1) is 11.3. The molecule has 0 amide bonds. The Bertz CT molecular complexity index is 500. The van der Waals surface area contributed by atoms with Crippen molar-refractivity contribution >= 4 is 0 Å². The maximum atomic E-state index is 4.11. The number of hydrogen-bond donors (Lipinski definition) is 4. The third-order valence-corrected chi connectivity index (χ3v) is 3.27. The summed E-state index contributed by atoms with van der Waals surface area (Å²) in [7, 11) is 0. The van der Waals surface area contributed by atoms with Crippen LogP contribution in [-0.2, 0) is 26.2 Å². The number of aromatic nitrogens is 6. The van der Waals surface area contributed by atoms with Crippen LogP contribution in [0.15, 0.2) is 12.4 Å². The molecule has 128 valence electrons. The topological polar surface area (TPSA) is 141 Å². The van der Waals surface area contributed by atoms with Crippen LogP contribution in [0.2, 0.25) is 0 Å². The summed E-state index contributed by atoms with van der Waals surface area (Å²) < 4.78 is 3.65. The molecule has 0 aromatic carbocycles. The van der Waals surface area contributed by atoms with Gasteiger partial charge in [0.25, 0.3) is 0 Å². The van der Waals surface area contributed by atoms with Gasteiger partial charge in [-0.15, -0.1) is 10.2 Å². The Kier molecular flexibility index (Phi) is 7.60. The summed E-state index contributed by atoms with van der Waals surface area (Å²) in [4.78, 5) is 0. The van der Waals surface area contributed by atoms with Crippen LogP contribution < -0.4 is 22.1 Å². The van der Waals surface area contributed by atoms with Gasteiger partial charge in [0.2, 0.25) is 0 Å². The van der Waals surface area contributed by atoms with E-state index in [2.05, 4.69) is 42.7 Å². The smallest absolute Gasteiger partial charge is 0.0964 e. The van der Waals surface area contributed by atoms with Crippen molar-refractivity contribution in [2.75, 3.05) is 26.2 Å². The fourth-order valence-corrected chi connectivity index (χ4v) is 2.15. The van der Waals surface area contributed by atoms with Crippen molar-refractivity contribution in [2.24, 2.45) is 0 Å². The zero-order valence-electron chi connectivity index (χ0n) is 13.6. The summed E-state index contributed by atoms with van der Waals surface area (Å²) in [5.74, 6) is 0. The van der Waals surface area contributed by atoms with E-state index in [0.29, 0.717) is 0 Å². The fraction of sp³-hybridized carbons (Fsp3) is 0.692. The van der Waals surface area contributed by atoms with Crippen LogP contribution in [0.5, 0.6) is 0 Å². The van der Waals surface area contributed by atoms with Gasteiger partial charge in [-0.25, -0.2) is 9.36 Å². The monoisotopic (exact) mass is 324 g/mol. The Labute approximate surface area is 135 Å². The van der Waals surface area contributed by atoms with Gasteiger partial charge < -0.3 is 22.1 Å². The minimum absolute atomic E-state index is 0.747. The van der Waals surface area contributed by atoms with Gasteiger partial charge >= 0.3 is 0 Å². The Morgan fingerprint density at radius 3 is 1.74 bits per heavy atom. The molecule has 10 nitrogen and oxygen atoms in total. The average molecular weight is 324 g/mol. The summed E-state index contributed by atoms with van der Waals surface area (Å²) >= 11 is 0. The molecule has 8 N–H and O–H groups in total. The highest BCUT2D eigenvalue weighted by Crippen LogP contribution is 1.93. The lowest BCUT2D eigenvalue weighted by Gasteiger charge is -2.03. The maximum Gasteiger partial charge on any atom is 0.0964 e. The van der Waals surface area contributed by atoms with Crippen molar-refractivity contribution in [1.82, 2.24) is 40.6 Å². The number of rotatable bonds is 12. The van der Waals surface area contributed by atoms with Gasteiger partial charge in [-0.1, -0.05) is 10.4 Å². The van der Waals surface area contributed by atoms with E-state index in [-0.39, 0.29) is 0 Å². The van der Waals surface area contributed by atoms with E-state index in [1.807, 2.05) is 21.8 Å². The third-order valence-electron chi connectivity index (χ3n) is 3.27. The first-order valence-electron chi connectivity index (χ1n) is 8.09. The molecule has 0 fully saturated rings. The molecular formula is C13H28N10+2. The third kappa shape index (κ3) is 6.40. The highest BCUT2D eigenvalue weighted by atomic mass is 15.4. The lowest BCUT2D eigenvalue weighted by molar-refractivity contribution is -0.370. The van der Waals surface area contributed by atoms with E-state index in [1.54, 1.807) is 0 Å². The SMILES string of the molecule is [NH3+]CCn1cc(CNCCCNCc2cn(CC[NH3+])nn2)nn1. The Balaban J connectivity index is 1.50. The molecule has 0 saturated carbocycles. The molecule has 0 aliphatic heterocycles. The second kappa shape index (κ2) is 10.0. The second-order valence-electron chi connectivity index (χ2n) is 5.36. The van der Waals surface area contributed by atoms with Crippen molar-refractivity contribution < 1.29 is 11.5 Å². The summed E-state index contributed by atoms with van der Waals surface area (Å²) in [5, 5.41) is 23.0. The predicted octanol–water partition coefficient (Wildman–Crippen LogP) is -3.38. The molecule has 2 rings (SSSR count). The van der Waals surface area contributed by atoms with Crippen LogP contribution in [0.3, 0.4) is 0 Å². The quantitative estimate of drug-likeness (QED) is 0.300. The second-order valence-corrected chi connectivity index (χ2v) is 5.36. The van der Waals surface area contributed by atoms with E-state index < -0.39 is 0 Å². The molecule has 0 unspecified atom stereocenters. The van der Waals surface area contributed by atoms with Crippen molar-refractivity contribution in [3.8, 4) is 0 Å². The van der Waals surface area contributed by atoms with Crippen molar-refractivity contribution in [2.45, 2.75) is 32.6 Å². The van der Waals surface area contributed by atoms with Gasteiger partial charge in [-0.3, -0.25) is 0 Å². The van der Waals surface area contributed by atoms with E-state index in [0.717, 1.165) is 70.2 Å². The van der Waals surface area contributed by atoms with Crippen LogP contribution in [0.25, 0.3) is 0 Å². The predicted molar refractivity (Wildman–Crippen MR) is 83.6 cm³/mol. The lowest BCUT2D eigenvalue weighted by Crippen LogP contribution is -2.52. The molecule has 0 bridgehead atoms. The summed E-state index contributed by atoms with van der Waals surface area (Å²) in [6.07, 6.45) is 4.97. The molecule has 10 heteroatoms. The van der Waals surface area contributed by atoms with Gasteiger partial charge in [0.1, 0.15) is 0 Å². The Morgan fingerprint density at radius 1 is 0.826 bits per heavy atom. The molecule has 2 aromatic heterocycles. The summed E-state index contributed by atoms with van der Waals surface area (Å²) in [5.41, 5.74) is 9.54. The highest BCUT2D eigenvalue weighted by molar-refractivity contribution is 4.92. The maximum absolute atomic E-state index is 4.11. The molecule has 0 aliphatic rings. The average Bonchev–Trinajstić information content (AvgIpc) is 3.17. The summed E-state index contributed by atoms with van der Waals surface area (Å²) in [6.45, 7) is 6.64. The van der Waals surface area contributed by atoms with E-state index in [4.69, 9.17) is 0 Å². The number of nitrogens with zero attached hydrogens (tertiary/aromatic N) is 6. The van der Waals surface area contributed by atoms with Crippen LogP contribution in [0.1, 0.15) is 17.8 Å². The van der Waals surface area contributed by atoms with E-state index in [9.17, 15) is 0 Å². The van der Waals surface area contributed by atoms with Crippen molar-refractivity contribution in [3.63, 3.8) is 0 Å². The van der Waals surface area contributed by atoms with Gasteiger partial charge in [0, 0.05) is 25.5 Å². The molecule has 0 spiro atoms. The molecule has 0 saturated heterocycles. The molecule has 2 aromatic rings. The van der Waals surface area contributed by atoms with Crippen LogP contribution in [0, 0.1) is 0 Å². The van der Waals surface area contributed by atoms with Crippen molar-refractivity contribution in [1.29, 1.82) is 0 Å². The molecule has 0 aliphatic carbocycles. The molecular weight excluding hydrogens is 296 g/mol. The Hall–Kier alpha value is -1.88. The van der Waals surface area contributed by atoms with Gasteiger partial charge in [0.15, 0.2) is 0 Å². The Morgan fingerprint density at radius 2 is 1.30 bits per heavy atom. The van der Waals surface area contributed by atoms with Gasteiger partial charge in [-0.05, 0) is 19.5 Å². The molecule has 0 atom stereocenters. The minimum atomic E-state index is 0.747. The van der Waals surface area contributed by atoms with Crippen molar-refractivity contribution in [3.05, 3.63) is 23.8 Å². The van der Waals surface area contributed by atoms with Crippen LogP contribution in [-0.4, -0.2) is 56.2 Å². The fourth-order valence-electron chi connectivity index (χ4n) is 2.15. The minimum Gasteiger partial charge on any atom is -0.356 e. The molecule has 23 heavy (non-hydrogen) atoms. The lowest BCUT2D eigenvalue weighted by atomic mass is 10.3. The first kappa shape index (κ1) is 17.5. The normalized spacial score (nSPS) is 11.2. The highest BCUT2D eigenvalue weighted by Gasteiger charge is 2.01. The van der Waals surface area contributed by atoms with E-state index >= 15 is 0 Å². The zero-order valence-corrected chi connectivity index (χ0v) is 13.6. The number of nitrogens with one attached hydrogen (secondary N) is 2. The largest absolute Gasteiger partial charge is 0.356 e. The number of quaternary nitrogens is 2. The number of hydrogen-bond acceptors (Lipinski definition) is 6. The molecule has 2 heterocycles. The van der Waals surface area contributed by atoms with Crippen LogP contribution in [0.4, 0.5) is 0 Å². The zero-order chi connectivity index (χ0) is 16.3. The standard InChI is InChI=1S/C13H26N10/c14-2-6-22-10-12(18-20-22)8-16-4-1-5-17-9-13-11-23(7-3-15)21-19-13/h10-11,16-17H,1-9,14-15H2/p+2. The van der Waals surface area contributed by atoms with Gasteiger partial charge in [-0.2, -0.15) is 0 Å². The molecule has 0 radical (unpaired) electrons. The first-order valence-corrected chi connectivity index (χ1v) is 8.09. The van der Waals surface area contributed by atoms with Gasteiger partial charge in [0.05, 0.1) is 37.6 Å². The summed E-state index contributed by atoms with van der Waals surface area (Å²) in [6, 6.07) is 0.